The maximum Gasteiger partial charge on any atom is 0.294 e. The molecule has 1 aliphatic heterocycles. The summed E-state index contributed by atoms with van der Waals surface area (Å²) < 4.78 is 16.5. The molecule has 30 heavy (non-hydrogen) atoms. The van der Waals surface area contributed by atoms with Crippen LogP contribution in [0.5, 0.6) is 11.5 Å². The molecule has 150 valence electrons. The molecule has 0 saturated heterocycles. The number of benzene rings is 1. The van der Waals surface area contributed by atoms with Gasteiger partial charge in [-0.25, -0.2) is 10.1 Å². The Morgan fingerprint density at radius 3 is 2.97 bits per heavy atom. The molecule has 3 aromatic heterocycles. The van der Waals surface area contributed by atoms with E-state index in [2.05, 4.69) is 35.8 Å². The molecule has 5 rings (SSSR count). The fourth-order valence-corrected chi connectivity index (χ4v) is 3.52. The van der Waals surface area contributed by atoms with Crippen LogP contribution in [0.2, 0.25) is 0 Å². The minimum absolute atomic E-state index is 0.0190. The molecular formula is C17H12N8O4S. The van der Waals surface area contributed by atoms with E-state index in [4.69, 9.17) is 15.2 Å². The van der Waals surface area contributed by atoms with Gasteiger partial charge < -0.3 is 15.2 Å². The van der Waals surface area contributed by atoms with E-state index in [0.717, 1.165) is 10.4 Å². The van der Waals surface area contributed by atoms with Crippen molar-refractivity contribution in [3.63, 3.8) is 0 Å². The van der Waals surface area contributed by atoms with Gasteiger partial charge in [-0.05, 0) is 45.5 Å². The zero-order valence-corrected chi connectivity index (χ0v) is 15.9. The SMILES string of the molecule is Nc1nonc1-n1nnc(C(=O)NN=Cc2ccc3c(c2)OCO3)c1-c1cccs1. The van der Waals surface area contributed by atoms with Crippen LogP contribution in [0.25, 0.3) is 16.4 Å². The number of nitrogens with one attached hydrogen (secondary N) is 1. The number of ether oxygens (including phenoxy) is 2. The highest BCUT2D eigenvalue weighted by molar-refractivity contribution is 7.13. The van der Waals surface area contributed by atoms with Crippen LogP contribution in [-0.2, 0) is 0 Å². The van der Waals surface area contributed by atoms with Crippen LogP contribution in [0, 0.1) is 0 Å². The Morgan fingerprint density at radius 2 is 2.17 bits per heavy atom. The molecule has 0 aliphatic carbocycles. The molecule has 4 heterocycles. The third-order valence-electron chi connectivity index (χ3n) is 4.11. The van der Waals surface area contributed by atoms with E-state index in [9.17, 15) is 4.79 Å². The highest BCUT2D eigenvalue weighted by atomic mass is 32.1. The third kappa shape index (κ3) is 3.12. The van der Waals surface area contributed by atoms with Gasteiger partial charge in [-0.3, -0.25) is 4.79 Å². The Balaban J connectivity index is 1.42. The van der Waals surface area contributed by atoms with Crippen molar-refractivity contribution in [3.05, 3.63) is 47.0 Å². The van der Waals surface area contributed by atoms with Crippen LogP contribution in [-0.4, -0.2) is 44.2 Å². The van der Waals surface area contributed by atoms with Gasteiger partial charge in [-0.2, -0.15) is 9.78 Å². The minimum atomic E-state index is -0.559. The molecule has 1 aliphatic rings. The monoisotopic (exact) mass is 424 g/mol. The van der Waals surface area contributed by atoms with Gasteiger partial charge in [0, 0.05) is 0 Å². The predicted octanol–water partition coefficient (Wildman–Crippen LogP) is 1.45. The third-order valence-corrected chi connectivity index (χ3v) is 4.99. The van der Waals surface area contributed by atoms with E-state index in [-0.39, 0.29) is 24.1 Å². The van der Waals surface area contributed by atoms with Gasteiger partial charge in [0.25, 0.3) is 5.91 Å². The number of anilines is 1. The highest BCUT2D eigenvalue weighted by Gasteiger charge is 2.25. The van der Waals surface area contributed by atoms with Gasteiger partial charge in [0.05, 0.1) is 11.1 Å². The first kappa shape index (κ1) is 17.8. The summed E-state index contributed by atoms with van der Waals surface area (Å²) in [6, 6.07) is 8.96. The standard InChI is InChI=1S/C17H12N8O4S/c18-15-16(23-29-22-15)25-14(12-2-1-5-30-12)13(20-24-25)17(26)21-19-7-9-3-4-10-11(6-9)28-8-27-10/h1-7H,8H2,(H2,18,22)(H,21,26). The van der Waals surface area contributed by atoms with Crippen LogP contribution >= 0.6 is 11.3 Å². The van der Waals surface area contributed by atoms with Gasteiger partial charge in [0.1, 0.15) is 5.69 Å². The lowest BCUT2D eigenvalue weighted by molar-refractivity contribution is 0.0950. The largest absolute Gasteiger partial charge is 0.454 e. The number of fused-ring (bicyclic) bond motifs is 1. The summed E-state index contributed by atoms with van der Waals surface area (Å²) in [7, 11) is 0. The molecule has 13 heteroatoms. The van der Waals surface area contributed by atoms with Crippen LogP contribution in [0.15, 0.2) is 45.4 Å². The van der Waals surface area contributed by atoms with E-state index >= 15 is 0 Å². The molecule has 0 spiro atoms. The average molecular weight is 424 g/mol. The van der Waals surface area contributed by atoms with Gasteiger partial charge in [0.15, 0.2) is 17.2 Å². The van der Waals surface area contributed by atoms with E-state index in [1.807, 2.05) is 17.5 Å². The Morgan fingerprint density at radius 1 is 1.27 bits per heavy atom. The normalized spacial score (nSPS) is 12.5. The molecule has 0 fully saturated rings. The molecule has 1 aromatic carbocycles. The molecule has 0 bridgehead atoms. The predicted molar refractivity (Wildman–Crippen MR) is 105 cm³/mol. The number of carbonyl (C=O) groups is 1. The first-order chi connectivity index (χ1) is 14.7. The van der Waals surface area contributed by atoms with Crippen molar-refractivity contribution in [2.45, 2.75) is 0 Å². The summed E-state index contributed by atoms with van der Waals surface area (Å²) in [5, 5.41) is 21.1. The van der Waals surface area contributed by atoms with Gasteiger partial charge >= 0.3 is 0 Å². The number of hydrogen-bond acceptors (Lipinski definition) is 11. The van der Waals surface area contributed by atoms with E-state index in [0.29, 0.717) is 17.2 Å². The molecule has 4 aromatic rings. The number of nitrogens with two attached hydrogens (primary N) is 1. The van der Waals surface area contributed by atoms with Crippen molar-refractivity contribution >= 4 is 29.3 Å². The Hall–Kier alpha value is -4.26. The van der Waals surface area contributed by atoms with E-state index in [1.54, 1.807) is 18.2 Å². The lowest BCUT2D eigenvalue weighted by Crippen LogP contribution is -2.19. The molecule has 0 unspecified atom stereocenters. The second kappa shape index (κ2) is 7.29. The summed E-state index contributed by atoms with van der Waals surface area (Å²) in [5.74, 6) is 0.873. The fraction of sp³-hybridized carbons (Fsp3) is 0.0588. The summed E-state index contributed by atoms with van der Waals surface area (Å²) in [4.78, 5) is 13.5. The number of nitrogens with zero attached hydrogens (tertiary/aromatic N) is 6. The summed E-state index contributed by atoms with van der Waals surface area (Å²) in [6.45, 7) is 0.180. The number of thiophene rings is 1. The zero-order valence-electron chi connectivity index (χ0n) is 15.1. The molecular weight excluding hydrogens is 412 g/mol. The van der Waals surface area contributed by atoms with Crippen molar-refractivity contribution in [1.29, 1.82) is 0 Å². The molecule has 1 amide bonds. The summed E-state index contributed by atoms with van der Waals surface area (Å²) >= 11 is 1.40. The smallest absolute Gasteiger partial charge is 0.294 e. The number of amides is 1. The van der Waals surface area contributed by atoms with Crippen LogP contribution in [0.1, 0.15) is 16.1 Å². The van der Waals surface area contributed by atoms with Gasteiger partial charge in [-0.1, -0.05) is 11.3 Å². The number of aromatic nitrogens is 5. The number of nitrogen functional groups attached to an aromatic ring is 1. The van der Waals surface area contributed by atoms with Crippen molar-refractivity contribution in [2.24, 2.45) is 5.10 Å². The number of rotatable bonds is 5. The van der Waals surface area contributed by atoms with Crippen molar-refractivity contribution in [2.75, 3.05) is 12.5 Å². The molecule has 3 N–H and O–H groups in total. The summed E-state index contributed by atoms with van der Waals surface area (Å²) in [5.41, 5.74) is 9.38. The average Bonchev–Trinajstić information content (AvgIpc) is 3.52. The Bertz CT molecular complexity index is 1250. The van der Waals surface area contributed by atoms with Crippen LogP contribution in [0.3, 0.4) is 0 Å². The lowest BCUT2D eigenvalue weighted by Gasteiger charge is -2.03. The molecule has 12 nitrogen and oxygen atoms in total. The first-order valence-corrected chi connectivity index (χ1v) is 9.39. The maximum atomic E-state index is 12.7. The van der Waals surface area contributed by atoms with Crippen molar-refractivity contribution < 1.29 is 18.9 Å². The highest BCUT2D eigenvalue weighted by Crippen LogP contribution is 2.32. The molecule has 0 radical (unpaired) electrons. The Kier molecular flexibility index (Phi) is 4.33. The number of carbonyl (C=O) groups excluding carboxylic acids is 1. The first-order valence-electron chi connectivity index (χ1n) is 8.52. The van der Waals surface area contributed by atoms with E-state index < -0.39 is 5.91 Å². The second-order valence-electron chi connectivity index (χ2n) is 5.96. The zero-order chi connectivity index (χ0) is 20.5. The van der Waals surface area contributed by atoms with Gasteiger partial charge in [-0.15, -0.1) is 16.4 Å². The molecule has 0 atom stereocenters. The number of hydrazone groups is 1. The summed E-state index contributed by atoms with van der Waals surface area (Å²) in [6.07, 6.45) is 1.48. The van der Waals surface area contributed by atoms with Crippen molar-refractivity contribution in [3.8, 4) is 27.9 Å². The van der Waals surface area contributed by atoms with Gasteiger partial charge in [0.2, 0.25) is 18.4 Å². The minimum Gasteiger partial charge on any atom is -0.454 e. The second-order valence-corrected chi connectivity index (χ2v) is 6.91. The number of hydrogen-bond donors (Lipinski definition) is 2. The van der Waals surface area contributed by atoms with E-state index in [1.165, 1.54) is 22.2 Å². The van der Waals surface area contributed by atoms with Crippen LogP contribution < -0.4 is 20.6 Å². The Labute approximate surface area is 171 Å². The fourth-order valence-electron chi connectivity index (χ4n) is 2.77. The maximum absolute atomic E-state index is 12.7. The van der Waals surface area contributed by atoms with Crippen molar-refractivity contribution in [1.82, 2.24) is 30.7 Å². The quantitative estimate of drug-likeness (QED) is 0.357. The molecule has 0 saturated carbocycles. The lowest BCUT2D eigenvalue weighted by atomic mass is 10.2. The van der Waals surface area contributed by atoms with Crippen LogP contribution in [0.4, 0.5) is 5.82 Å². The topological polar surface area (TPSA) is 156 Å².